The summed E-state index contributed by atoms with van der Waals surface area (Å²) >= 11 is 0. The lowest BCUT2D eigenvalue weighted by atomic mass is 9.76. The molecule has 0 radical (unpaired) electrons. The van der Waals surface area contributed by atoms with E-state index >= 15 is 0 Å². The first kappa shape index (κ1) is 16.6. The van der Waals surface area contributed by atoms with Gasteiger partial charge < -0.3 is 10.3 Å². The fourth-order valence-corrected chi connectivity index (χ4v) is 3.70. The number of aromatic nitrogens is 2. The Morgan fingerprint density at radius 3 is 2.42 bits per heavy atom. The molecule has 0 spiro atoms. The van der Waals surface area contributed by atoms with Crippen molar-refractivity contribution in [3.63, 3.8) is 0 Å². The molecule has 3 aromatic rings. The second kappa shape index (κ2) is 6.13. The molecule has 2 heterocycles. The van der Waals surface area contributed by atoms with Crippen LogP contribution in [0.15, 0.2) is 48.8 Å². The van der Waals surface area contributed by atoms with Crippen LogP contribution in [0.4, 0.5) is 11.4 Å². The van der Waals surface area contributed by atoms with Gasteiger partial charge in [0.25, 0.3) is 0 Å². The summed E-state index contributed by atoms with van der Waals surface area (Å²) in [6.45, 7) is 6.36. The third-order valence-electron chi connectivity index (χ3n) is 4.94. The van der Waals surface area contributed by atoms with Crippen molar-refractivity contribution >= 4 is 17.2 Å². The Kier molecular flexibility index (Phi) is 3.91. The monoisotopic (exact) mass is 345 g/mol. The van der Waals surface area contributed by atoms with Gasteiger partial charge in [0.15, 0.2) is 5.78 Å². The molecule has 4 nitrogen and oxygen atoms in total. The average Bonchev–Trinajstić information content (AvgIpc) is 2.95. The summed E-state index contributed by atoms with van der Waals surface area (Å²) in [4.78, 5) is 20.6. The fraction of sp³-hybridized carbons (Fsp3) is 0.273. The van der Waals surface area contributed by atoms with Gasteiger partial charge in [-0.05, 0) is 43.0 Å². The van der Waals surface area contributed by atoms with Crippen molar-refractivity contribution < 1.29 is 4.79 Å². The van der Waals surface area contributed by atoms with E-state index in [9.17, 15) is 4.79 Å². The minimum absolute atomic E-state index is 0.0222. The van der Waals surface area contributed by atoms with Gasteiger partial charge in [0.2, 0.25) is 0 Å². The molecule has 0 amide bonds. The highest BCUT2D eigenvalue weighted by Crippen LogP contribution is 2.43. The van der Waals surface area contributed by atoms with Crippen molar-refractivity contribution in [2.24, 2.45) is 5.41 Å². The van der Waals surface area contributed by atoms with Gasteiger partial charge >= 0.3 is 0 Å². The largest absolute Gasteiger partial charge is 0.356 e. The van der Waals surface area contributed by atoms with E-state index in [0.717, 1.165) is 40.3 Å². The van der Waals surface area contributed by atoms with Gasteiger partial charge in [-0.25, -0.2) is 0 Å². The van der Waals surface area contributed by atoms with Crippen molar-refractivity contribution in [2.75, 3.05) is 5.32 Å². The number of nitrogens with zero attached hydrogens (tertiary/aromatic N) is 1. The molecule has 0 unspecified atom stereocenters. The first-order valence-electron chi connectivity index (χ1n) is 8.95. The number of carbonyl (C=O) groups excluding carboxylic acids is 1. The standard InChI is InChI=1S/C22H23N3O/c1-14-4-6-16(7-5-14)24-21-19-17(12-22(2,3)13-18(19)26)25-20(21)15-8-10-23-11-9-15/h4-11,24-25H,12-13H2,1-3H3. The summed E-state index contributed by atoms with van der Waals surface area (Å²) in [7, 11) is 0. The highest BCUT2D eigenvalue weighted by atomic mass is 16.1. The van der Waals surface area contributed by atoms with Gasteiger partial charge in [-0.15, -0.1) is 0 Å². The number of H-pyrrole nitrogens is 1. The van der Waals surface area contributed by atoms with Gasteiger partial charge in [0, 0.05) is 35.8 Å². The predicted octanol–water partition coefficient (Wildman–Crippen LogP) is 5.28. The molecule has 132 valence electrons. The van der Waals surface area contributed by atoms with Crippen LogP contribution in [-0.4, -0.2) is 15.8 Å². The number of hydrogen-bond acceptors (Lipinski definition) is 3. The lowest BCUT2D eigenvalue weighted by Gasteiger charge is -2.28. The van der Waals surface area contributed by atoms with E-state index in [1.807, 2.05) is 24.3 Å². The van der Waals surface area contributed by atoms with Crippen LogP contribution in [0.5, 0.6) is 0 Å². The molecule has 2 N–H and O–H groups in total. The third kappa shape index (κ3) is 3.03. The zero-order valence-corrected chi connectivity index (χ0v) is 15.4. The summed E-state index contributed by atoms with van der Waals surface area (Å²) in [6, 6.07) is 12.2. The molecule has 0 saturated carbocycles. The minimum Gasteiger partial charge on any atom is -0.356 e. The van der Waals surface area contributed by atoms with Crippen LogP contribution in [0.1, 0.15) is 41.9 Å². The Labute approximate surface area is 153 Å². The quantitative estimate of drug-likeness (QED) is 0.678. The number of pyridine rings is 1. The summed E-state index contributed by atoms with van der Waals surface area (Å²) in [5.74, 6) is 0.197. The van der Waals surface area contributed by atoms with E-state index < -0.39 is 0 Å². The number of rotatable bonds is 3. The second-order valence-corrected chi connectivity index (χ2v) is 7.90. The molecule has 0 fully saturated rings. The molecule has 0 bridgehead atoms. The van der Waals surface area contributed by atoms with Crippen molar-refractivity contribution in [2.45, 2.75) is 33.6 Å². The number of aryl methyl sites for hydroxylation is 1. The number of carbonyl (C=O) groups is 1. The van der Waals surface area contributed by atoms with Crippen LogP contribution in [0, 0.1) is 12.3 Å². The summed E-state index contributed by atoms with van der Waals surface area (Å²) in [5, 5.41) is 3.49. The average molecular weight is 345 g/mol. The maximum Gasteiger partial charge on any atom is 0.167 e. The van der Waals surface area contributed by atoms with Gasteiger partial charge in [-0.3, -0.25) is 9.78 Å². The van der Waals surface area contributed by atoms with E-state index in [0.29, 0.717) is 6.42 Å². The summed E-state index contributed by atoms with van der Waals surface area (Å²) in [6.07, 6.45) is 4.98. The normalized spacial score (nSPS) is 15.6. The second-order valence-electron chi connectivity index (χ2n) is 7.90. The highest BCUT2D eigenvalue weighted by Gasteiger charge is 2.35. The lowest BCUT2D eigenvalue weighted by Crippen LogP contribution is -2.26. The Morgan fingerprint density at radius 2 is 1.73 bits per heavy atom. The van der Waals surface area contributed by atoms with Gasteiger partial charge in [-0.1, -0.05) is 31.5 Å². The van der Waals surface area contributed by atoms with Crippen LogP contribution in [-0.2, 0) is 6.42 Å². The van der Waals surface area contributed by atoms with Crippen molar-refractivity contribution in [3.8, 4) is 11.3 Å². The minimum atomic E-state index is -0.0222. The predicted molar refractivity (Wildman–Crippen MR) is 105 cm³/mol. The van der Waals surface area contributed by atoms with Crippen LogP contribution in [0.3, 0.4) is 0 Å². The molecule has 0 aliphatic heterocycles. The van der Waals surface area contributed by atoms with Crippen LogP contribution in [0.25, 0.3) is 11.3 Å². The van der Waals surface area contributed by atoms with Crippen LogP contribution in [0.2, 0.25) is 0 Å². The number of nitrogens with one attached hydrogen (secondary N) is 2. The molecular weight excluding hydrogens is 322 g/mol. The number of aromatic amines is 1. The van der Waals surface area contributed by atoms with Crippen molar-refractivity contribution in [1.29, 1.82) is 0 Å². The van der Waals surface area contributed by atoms with Crippen LogP contribution >= 0.6 is 0 Å². The van der Waals surface area contributed by atoms with Gasteiger partial charge in [0.1, 0.15) is 0 Å². The maximum atomic E-state index is 12.9. The molecule has 2 aromatic heterocycles. The fourth-order valence-electron chi connectivity index (χ4n) is 3.70. The zero-order valence-electron chi connectivity index (χ0n) is 15.4. The molecule has 4 rings (SSSR count). The van der Waals surface area contributed by atoms with Crippen molar-refractivity contribution in [1.82, 2.24) is 9.97 Å². The lowest BCUT2D eigenvalue weighted by molar-refractivity contribution is 0.0912. The van der Waals surface area contributed by atoms with E-state index in [2.05, 4.69) is 48.2 Å². The highest BCUT2D eigenvalue weighted by molar-refractivity contribution is 6.07. The number of fused-ring (bicyclic) bond motifs is 1. The number of anilines is 2. The van der Waals surface area contributed by atoms with Gasteiger partial charge in [-0.2, -0.15) is 0 Å². The number of hydrogen-bond donors (Lipinski definition) is 2. The molecule has 1 aromatic carbocycles. The third-order valence-corrected chi connectivity index (χ3v) is 4.94. The Hall–Kier alpha value is -2.88. The topological polar surface area (TPSA) is 57.8 Å². The maximum absolute atomic E-state index is 12.9. The molecular formula is C22H23N3O. The van der Waals surface area contributed by atoms with E-state index in [4.69, 9.17) is 0 Å². The SMILES string of the molecule is Cc1ccc(Nc2c(-c3ccncc3)[nH]c3c2C(=O)CC(C)(C)C3)cc1. The Morgan fingerprint density at radius 1 is 1.04 bits per heavy atom. The Bertz CT molecular complexity index is 953. The molecule has 26 heavy (non-hydrogen) atoms. The first-order valence-corrected chi connectivity index (χ1v) is 8.95. The Balaban J connectivity index is 1.86. The molecule has 1 aliphatic rings. The molecule has 1 aliphatic carbocycles. The van der Waals surface area contributed by atoms with E-state index in [1.165, 1.54) is 5.56 Å². The van der Waals surface area contributed by atoms with Crippen LogP contribution < -0.4 is 5.32 Å². The smallest absolute Gasteiger partial charge is 0.167 e. The van der Waals surface area contributed by atoms with Crippen molar-refractivity contribution in [3.05, 3.63) is 65.6 Å². The summed E-state index contributed by atoms with van der Waals surface area (Å²) in [5.41, 5.74) is 6.83. The molecule has 4 heteroatoms. The molecule has 0 atom stereocenters. The zero-order chi connectivity index (χ0) is 18.3. The number of benzene rings is 1. The summed E-state index contributed by atoms with van der Waals surface area (Å²) < 4.78 is 0. The number of Topliss-reactive ketones (excluding diaryl/α,β-unsaturated/α-hetero) is 1. The van der Waals surface area contributed by atoms with Gasteiger partial charge in [0.05, 0.1) is 16.9 Å². The molecule has 0 saturated heterocycles. The first-order chi connectivity index (χ1) is 12.4. The van der Waals surface area contributed by atoms with E-state index in [1.54, 1.807) is 12.4 Å². The number of ketones is 1. The van der Waals surface area contributed by atoms with E-state index in [-0.39, 0.29) is 11.2 Å².